The number of unbranched alkanes of at least 4 members (excludes halogenated alkanes) is 8. The molecule has 0 spiro atoms. The quantitative estimate of drug-likeness (QED) is 0.230. The Morgan fingerprint density at radius 2 is 1.46 bits per heavy atom. The van der Waals surface area contributed by atoms with Crippen molar-refractivity contribution in [3.05, 3.63) is 60.2 Å². The zero-order valence-electron chi connectivity index (χ0n) is 18.2. The summed E-state index contributed by atoms with van der Waals surface area (Å²) in [5.74, 6) is 0.169. The van der Waals surface area contributed by atoms with Gasteiger partial charge in [-0.3, -0.25) is 4.79 Å². The lowest BCUT2D eigenvalue weighted by Crippen LogP contribution is -2.26. The molecule has 0 fully saturated rings. The number of hydrogen-bond acceptors (Lipinski definition) is 1. The van der Waals surface area contributed by atoms with Gasteiger partial charge in [0.2, 0.25) is 5.91 Å². The number of nitrogens with one attached hydrogen (secondary N) is 1. The van der Waals surface area contributed by atoms with E-state index in [4.69, 9.17) is 0 Å². The lowest BCUT2D eigenvalue weighted by atomic mass is 10.1. The molecule has 1 aromatic carbocycles. The molecule has 0 aromatic heterocycles. The van der Waals surface area contributed by atoms with Crippen LogP contribution < -0.4 is 5.32 Å². The van der Waals surface area contributed by atoms with Crippen LogP contribution in [0.4, 0.5) is 0 Å². The first-order valence-corrected chi connectivity index (χ1v) is 11.4. The molecule has 0 bridgehead atoms. The maximum Gasteiger partial charge on any atom is 0.220 e. The fourth-order valence-corrected chi connectivity index (χ4v) is 3.24. The number of amides is 1. The van der Waals surface area contributed by atoms with Gasteiger partial charge in [0.1, 0.15) is 0 Å². The number of benzene rings is 1. The third kappa shape index (κ3) is 13.4. The van der Waals surface area contributed by atoms with Crippen LogP contribution in [0.1, 0.15) is 103 Å². The summed E-state index contributed by atoms with van der Waals surface area (Å²) < 4.78 is 0. The molecule has 1 N–H and O–H groups in total. The van der Waals surface area contributed by atoms with E-state index in [9.17, 15) is 4.79 Å². The van der Waals surface area contributed by atoms with Crippen LogP contribution in [0.5, 0.6) is 0 Å². The number of carbonyl (C=O) groups is 1. The van der Waals surface area contributed by atoms with E-state index in [-0.39, 0.29) is 11.9 Å². The first kappa shape index (κ1) is 24.2. The Morgan fingerprint density at radius 3 is 2.14 bits per heavy atom. The molecule has 0 aliphatic heterocycles. The number of rotatable bonds is 16. The molecule has 28 heavy (non-hydrogen) atoms. The molecule has 1 rings (SSSR count). The van der Waals surface area contributed by atoms with Gasteiger partial charge in [-0.15, -0.1) is 0 Å². The van der Waals surface area contributed by atoms with Crippen LogP contribution >= 0.6 is 0 Å². The van der Waals surface area contributed by atoms with E-state index in [2.05, 4.69) is 48.7 Å². The van der Waals surface area contributed by atoms with Gasteiger partial charge in [-0.2, -0.15) is 0 Å². The Balaban J connectivity index is 1.92. The summed E-state index contributed by atoms with van der Waals surface area (Å²) >= 11 is 0. The van der Waals surface area contributed by atoms with Gasteiger partial charge in [0.25, 0.3) is 0 Å². The zero-order chi connectivity index (χ0) is 20.3. The van der Waals surface area contributed by atoms with Crippen molar-refractivity contribution >= 4 is 5.91 Å². The molecule has 0 saturated heterocycles. The number of allylic oxidation sites excluding steroid dienone is 4. The van der Waals surface area contributed by atoms with E-state index < -0.39 is 0 Å². The molecule has 2 nitrogen and oxygen atoms in total. The molecular weight excluding hydrogens is 342 g/mol. The predicted octanol–water partition coefficient (Wildman–Crippen LogP) is 7.68. The molecule has 156 valence electrons. The minimum atomic E-state index is 0.0895. The molecule has 0 heterocycles. The number of hydrogen-bond donors (Lipinski definition) is 1. The van der Waals surface area contributed by atoms with Crippen molar-refractivity contribution in [2.75, 3.05) is 0 Å². The normalized spacial score (nSPS) is 12.6. The lowest BCUT2D eigenvalue weighted by molar-refractivity contribution is -0.121. The summed E-state index contributed by atoms with van der Waals surface area (Å²) in [4.78, 5) is 12.0. The molecule has 1 unspecified atom stereocenters. The van der Waals surface area contributed by atoms with E-state index in [0.717, 1.165) is 24.8 Å². The monoisotopic (exact) mass is 383 g/mol. The zero-order valence-corrected chi connectivity index (χ0v) is 18.2. The highest BCUT2D eigenvalue weighted by Gasteiger charge is 2.08. The fourth-order valence-electron chi connectivity index (χ4n) is 3.24. The third-order valence-corrected chi connectivity index (χ3v) is 5.03. The van der Waals surface area contributed by atoms with E-state index >= 15 is 0 Å². The molecule has 1 aromatic rings. The van der Waals surface area contributed by atoms with Crippen molar-refractivity contribution in [3.63, 3.8) is 0 Å². The highest BCUT2D eigenvalue weighted by Crippen LogP contribution is 2.12. The summed E-state index contributed by atoms with van der Waals surface area (Å²) in [7, 11) is 0. The Labute approximate surface area is 173 Å². The molecular formula is C26H41NO. The third-order valence-electron chi connectivity index (χ3n) is 5.03. The Morgan fingerprint density at radius 1 is 0.857 bits per heavy atom. The van der Waals surface area contributed by atoms with Gasteiger partial charge < -0.3 is 5.32 Å². The highest BCUT2D eigenvalue weighted by molar-refractivity contribution is 5.76. The molecule has 1 amide bonds. The largest absolute Gasteiger partial charge is 0.350 e. The molecule has 1 atom stereocenters. The van der Waals surface area contributed by atoms with Crippen LogP contribution in [0.2, 0.25) is 0 Å². The fraction of sp³-hybridized carbons (Fsp3) is 0.577. The summed E-state index contributed by atoms with van der Waals surface area (Å²) in [5.41, 5.74) is 1.16. The lowest BCUT2D eigenvalue weighted by Gasteiger charge is -2.14. The van der Waals surface area contributed by atoms with Gasteiger partial charge >= 0.3 is 0 Å². The van der Waals surface area contributed by atoms with E-state index in [0.29, 0.717) is 6.42 Å². The molecule has 2 heteroatoms. The van der Waals surface area contributed by atoms with Crippen LogP contribution in [-0.2, 0) is 4.79 Å². The Bertz CT molecular complexity index is 547. The van der Waals surface area contributed by atoms with Crippen molar-refractivity contribution in [2.45, 2.75) is 96.9 Å². The molecule has 0 radical (unpaired) electrons. The van der Waals surface area contributed by atoms with Gasteiger partial charge in [-0.05, 0) is 51.0 Å². The maximum absolute atomic E-state index is 12.0. The highest BCUT2D eigenvalue weighted by atomic mass is 16.1. The Hall–Kier alpha value is -1.83. The topological polar surface area (TPSA) is 29.1 Å². The second kappa shape index (κ2) is 17.3. The van der Waals surface area contributed by atoms with Crippen molar-refractivity contribution < 1.29 is 4.79 Å². The van der Waals surface area contributed by atoms with Gasteiger partial charge in [-0.1, -0.05) is 93.7 Å². The average molecular weight is 384 g/mol. The molecule has 0 saturated carbocycles. The maximum atomic E-state index is 12.0. The van der Waals surface area contributed by atoms with Crippen LogP contribution in [0.3, 0.4) is 0 Å². The minimum Gasteiger partial charge on any atom is -0.350 e. The molecule has 0 aliphatic carbocycles. The standard InChI is InChI=1S/C26H41NO/c1-3-4-5-6-7-8-9-10-11-12-13-14-15-16-20-23-26(28)27-24(2)25-21-18-17-19-22-25/h7-8,10-11,17-19,21-22,24H,3-6,9,12-16,20,23H2,1-2H3,(H,27,28)/b8-7-,11-10-. The summed E-state index contributed by atoms with van der Waals surface area (Å²) in [5, 5.41) is 3.09. The van der Waals surface area contributed by atoms with Crippen LogP contribution in [0.15, 0.2) is 54.6 Å². The summed E-state index contributed by atoms with van der Waals surface area (Å²) in [6.45, 7) is 4.29. The van der Waals surface area contributed by atoms with Gasteiger partial charge in [-0.25, -0.2) is 0 Å². The van der Waals surface area contributed by atoms with Crippen molar-refractivity contribution in [3.8, 4) is 0 Å². The second-order valence-corrected chi connectivity index (χ2v) is 7.68. The van der Waals surface area contributed by atoms with Gasteiger partial charge in [0, 0.05) is 6.42 Å². The van der Waals surface area contributed by atoms with Crippen LogP contribution in [0, 0.1) is 0 Å². The van der Waals surface area contributed by atoms with Crippen molar-refractivity contribution in [1.82, 2.24) is 5.32 Å². The smallest absolute Gasteiger partial charge is 0.220 e. The number of carbonyl (C=O) groups excluding carboxylic acids is 1. The van der Waals surface area contributed by atoms with E-state index in [1.807, 2.05) is 25.1 Å². The molecule has 0 aliphatic rings. The summed E-state index contributed by atoms with van der Waals surface area (Å²) in [6.07, 6.45) is 23.2. The van der Waals surface area contributed by atoms with Crippen molar-refractivity contribution in [1.29, 1.82) is 0 Å². The van der Waals surface area contributed by atoms with E-state index in [1.165, 1.54) is 51.4 Å². The average Bonchev–Trinajstić information content (AvgIpc) is 2.71. The minimum absolute atomic E-state index is 0.0895. The van der Waals surface area contributed by atoms with Gasteiger partial charge in [0.15, 0.2) is 0 Å². The van der Waals surface area contributed by atoms with Crippen molar-refractivity contribution in [2.24, 2.45) is 0 Å². The first-order valence-electron chi connectivity index (χ1n) is 11.4. The van der Waals surface area contributed by atoms with E-state index in [1.54, 1.807) is 0 Å². The summed E-state index contributed by atoms with van der Waals surface area (Å²) in [6, 6.07) is 10.2. The Kier molecular flexibility index (Phi) is 14.9. The van der Waals surface area contributed by atoms with Gasteiger partial charge in [0.05, 0.1) is 6.04 Å². The van der Waals surface area contributed by atoms with Crippen LogP contribution in [0.25, 0.3) is 0 Å². The first-order chi connectivity index (χ1) is 13.7. The van der Waals surface area contributed by atoms with Crippen LogP contribution in [-0.4, -0.2) is 5.91 Å². The predicted molar refractivity (Wildman–Crippen MR) is 122 cm³/mol. The SMILES string of the molecule is CCCCC/C=C\C/C=C\CCCCCCCC(=O)NC(C)c1ccccc1. The second-order valence-electron chi connectivity index (χ2n) is 7.68.